The lowest BCUT2D eigenvalue weighted by molar-refractivity contribution is -0.118. The second-order valence-electron chi connectivity index (χ2n) is 8.35. The van der Waals surface area contributed by atoms with Gasteiger partial charge in [-0.25, -0.2) is 0 Å². The van der Waals surface area contributed by atoms with Crippen LogP contribution in [0.3, 0.4) is 0 Å². The van der Waals surface area contributed by atoms with E-state index in [1.165, 1.54) is 31.4 Å². The Morgan fingerprint density at radius 1 is 1.25 bits per heavy atom. The molecule has 3 aliphatic carbocycles. The molecule has 1 saturated heterocycles. The Morgan fingerprint density at radius 3 is 2.79 bits per heavy atom. The summed E-state index contributed by atoms with van der Waals surface area (Å²) in [5.41, 5.74) is 1.53. The van der Waals surface area contributed by atoms with Crippen LogP contribution in [0, 0.1) is 23.2 Å². The van der Waals surface area contributed by atoms with E-state index >= 15 is 0 Å². The second-order valence-corrected chi connectivity index (χ2v) is 8.35. The van der Waals surface area contributed by atoms with E-state index in [0.29, 0.717) is 11.3 Å². The van der Waals surface area contributed by atoms with E-state index in [0.717, 1.165) is 50.0 Å². The number of anilines is 1. The topological polar surface area (TPSA) is 69.8 Å². The van der Waals surface area contributed by atoms with Gasteiger partial charge in [0.1, 0.15) is 0 Å². The average molecular weight is 351 g/mol. The molecule has 1 amide bonds. The minimum Gasteiger partial charge on any atom is -0.317 e. The number of rotatable bonds is 3. The van der Waals surface area contributed by atoms with Crippen molar-refractivity contribution in [1.82, 2.24) is 15.5 Å². The van der Waals surface area contributed by atoms with Crippen molar-refractivity contribution in [3.63, 3.8) is 0 Å². The van der Waals surface area contributed by atoms with Crippen LogP contribution in [0.2, 0.25) is 0 Å². The molecule has 4 unspecified atom stereocenters. The molecule has 3 saturated carbocycles. The first-order valence-corrected chi connectivity index (χ1v) is 9.30. The molecule has 3 N–H and O–H groups in total. The highest BCUT2D eigenvalue weighted by atomic mass is 35.5. The van der Waals surface area contributed by atoms with Crippen LogP contribution in [0.25, 0.3) is 0 Å². The lowest BCUT2D eigenvalue weighted by atomic mass is 9.86. The summed E-state index contributed by atoms with van der Waals surface area (Å²) in [6.07, 6.45) is 8.82. The van der Waals surface area contributed by atoms with Gasteiger partial charge in [-0.05, 0) is 68.9 Å². The molecule has 1 aromatic rings. The Kier molecular flexibility index (Phi) is 4.12. The number of carbonyl (C=O) groups is 1. The lowest BCUT2D eigenvalue weighted by Crippen LogP contribution is -2.31. The molecule has 4 aliphatic rings. The third-order valence-electron chi connectivity index (χ3n) is 7.09. The molecule has 5 rings (SSSR count). The third-order valence-corrected chi connectivity index (χ3v) is 7.09. The zero-order valence-electron chi connectivity index (χ0n) is 14.0. The maximum absolute atomic E-state index is 12.5. The zero-order chi connectivity index (χ0) is 15.4. The largest absolute Gasteiger partial charge is 0.317 e. The number of nitrogens with one attached hydrogen (secondary N) is 3. The molecule has 0 aromatic carbocycles. The van der Waals surface area contributed by atoms with Gasteiger partial charge in [-0.3, -0.25) is 9.89 Å². The lowest BCUT2D eigenvalue weighted by Gasteiger charge is -2.23. The van der Waals surface area contributed by atoms with E-state index in [1.54, 1.807) is 0 Å². The number of hydrogen-bond donors (Lipinski definition) is 3. The maximum atomic E-state index is 12.5. The molecule has 4 fully saturated rings. The van der Waals surface area contributed by atoms with Crippen molar-refractivity contribution >= 4 is 24.1 Å². The minimum atomic E-state index is 0. The molecular weight excluding hydrogens is 324 g/mol. The van der Waals surface area contributed by atoms with E-state index in [9.17, 15) is 4.79 Å². The molecule has 1 aliphatic heterocycles. The third kappa shape index (κ3) is 2.66. The van der Waals surface area contributed by atoms with Gasteiger partial charge < -0.3 is 10.6 Å². The zero-order valence-corrected chi connectivity index (χ0v) is 14.8. The summed E-state index contributed by atoms with van der Waals surface area (Å²) in [7, 11) is 0. The number of hydrogen-bond acceptors (Lipinski definition) is 3. The Balaban J connectivity index is 0.00000146. The van der Waals surface area contributed by atoms with Crippen molar-refractivity contribution in [3.05, 3.63) is 11.8 Å². The van der Waals surface area contributed by atoms with Crippen LogP contribution in [-0.2, 0) is 4.79 Å². The van der Waals surface area contributed by atoms with E-state index in [-0.39, 0.29) is 24.2 Å². The SMILES string of the molecule is Cl.O=C(Nc1cc(C2CC3CCC2C3)[nH]n1)C1CC12CCNCC2. The second kappa shape index (κ2) is 6.03. The predicted molar refractivity (Wildman–Crippen MR) is 95.3 cm³/mol. The molecule has 0 radical (unpaired) electrons. The molecule has 6 heteroatoms. The summed E-state index contributed by atoms with van der Waals surface area (Å²) >= 11 is 0. The van der Waals surface area contributed by atoms with Gasteiger partial charge in [0.25, 0.3) is 0 Å². The fourth-order valence-corrected chi connectivity index (χ4v) is 5.63. The molecule has 1 spiro atoms. The van der Waals surface area contributed by atoms with Gasteiger partial charge in [-0.1, -0.05) is 6.42 Å². The summed E-state index contributed by atoms with van der Waals surface area (Å²) < 4.78 is 0. The molecule has 2 bridgehead atoms. The molecule has 2 heterocycles. The van der Waals surface area contributed by atoms with Gasteiger partial charge in [-0.2, -0.15) is 5.10 Å². The van der Waals surface area contributed by atoms with Crippen LogP contribution in [0.4, 0.5) is 5.82 Å². The molecule has 24 heavy (non-hydrogen) atoms. The summed E-state index contributed by atoms with van der Waals surface area (Å²) in [6, 6.07) is 2.08. The quantitative estimate of drug-likeness (QED) is 0.784. The van der Waals surface area contributed by atoms with Crippen molar-refractivity contribution in [2.45, 2.75) is 50.9 Å². The number of aromatic nitrogens is 2. The smallest absolute Gasteiger partial charge is 0.229 e. The monoisotopic (exact) mass is 350 g/mol. The van der Waals surface area contributed by atoms with Crippen molar-refractivity contribution in [1.29, 1.82) is 0 Å². The van der Waals surface area contributed by atoms with Crippen molar-refractivity contribution in [2.75, 3.05) is 18.4 Å². The summed E-state index contributed by atoms with van der Waals surface area (Å²) in [6.45, 7) is 2.11. The highest BCUT2D eigenvalue weighted by Gasteiger charge is 2.57. The molecule has 132 valence electrons. The van der Waals surface area contributed by atoms with Gasteiger partial charge in [0.15, 0.2) is 5.82 Å². The van der Waals surface area contributed by atoms with Crippen molar-refractivity contribution in [3.8, 4) is 0 Å². The number of piperidine rings is 1. The Labute approximate surface area is 149 Å². The van der Waals surface area contributed by atoms with Crippen LogP contribution in [0.15, 0.2) is 6.07 Å². The van der Waals surface area contributed by atoms with Gasteiger partial charge in [0.2, 0.25) is 5.91 Å². The molecule has 1 aromatic heterocycles. The molecule has 4 atom stereocenters. The van der Waals surface area contributed by atoms with E-state index in [2.05, 4.69) is 26.9 Å². The number of carbonyl (C=O) groups excluding carboxylic acids is 1. The number of nitrogens with zero attached hydrogens (tertiary/aromatic N) is 1. The van der Waals surface area contributed by atoms with Crippen LogP contribution < -0.4 is 10.6 Å². The number of H-pyrrole nitrogens is 1. The first-order valence-electron chi connectivity index (χ1n) is 9.30. The van der Waals surface area contributed by atoms with E-state index < -0.39 is 0 Å². The molecule has 5 nitrogen and oxygen atoms in total. The minimum absolute atomic E-state index is 0. The van der Waals surface area contributed by atoms with E-state index in [4.69, 9.17) is 0 Å². The highest BCUT2D eigenvalue weighted by Crippen LogP contribution is 2.59. The van der Waals surface area contributed by atoms with Gasteiger partial charge in [0.05, 0.1) is 0 Å². The standard InChI is InChI=1S/C18H26N4O.ClH/c23-17(14-10-18(14)3-5-19-6-4-18)20-16-9-15(21-22-16)13-8-11-1-2-12(13)7-11;/h9,11-14,19H,1-8,10H2,(H2,20,21,22,23);1H. The normalized spacial score (nSPS) is 35.7. The van der Waals surface area contributed by atoms with Crippen LogP contribution >= 0.6 is 12.4 Å². The first-order chi connectivity index (χ1) is 11.2. The number of fused-ring (bicyclic) bond motifs is 2. The summed E-state index contributed by atoms with van der Waals surface area (Å²) in [5.74, 6) is 3.51. The Morgan fingerprint density at radius 2 is 2.08 bits per heavy atom. The van der Waals surface area contributed by atoms with Crippen molar-refractivity contribution < 1.29 is 4.79 Å². The van der Waals surface area contributed by atoms with Gasteiger partial charge in [-0.15, -0.1) is 12.4 Å². The van der Waals surface area contributed by atoms with Gasteiger partial charge in [0, 0.05) is 23.6 Å². The van der Waals surface area contributed by atoms with Crippen LogP contribution in [-0.4, -0.2) is 29.2 Å². The number of aromatic amines is 1. The average Bonchev–Trinajstić information content (AvgIpc) is 3.02. The van der Waals surface area contributed by atoms with Crippen LogP contribution in [0.5, 0.6) is 0 Å². The summed E-state index contributed by atoms with van der Waals surface area (Å²) in [5, 5.41) is 14.0. The predicted octanol–water partition coefficient (Wildman–Crippen LogP) is 3.06. The fourth-order valence-electron chi connectivity index (χ4n) is 5.63. The highest BCUT2D eigenvalue weighted by molar-refractivity contribution is 5.94. The van der Waals surface area contributed by atoms with Crippen molar-refractivity contribution in [2.24, 2.45) is 23.2 Å². The Bertz CT molecular complexity index is 624. The Hall–Kier alpha value is -1.07. The van der Waals surface area contributed by atoms with Gasteiger partial charge >= 0.3 is 0 Å². The maximum Gasteiger partial charge on any atom is 0.229 e. The number of halogens is 1. The number of amides is 1. The van der Waals surface area contributed by atoms with Crippen LogP contribution in [0.1, 0.15) is 56.6 Å². The van der Waals surface area contributed by atoms with E-state index in [1.807, 2.05) is 0 Å². The molecular formula is C18H27ClN4O. The first kappa shape index (κ1) is 16.4. The fraction of sp³-hybridized carbons (Fsp3) is 0.778. The summed E-state index contributed by atoms with van der Waals surface area (Å²) in [4.78, 5) is 12.5.